The van der Waals surface area contributed by atoms with Crippen molar-refractivity contribution in [1.82, 2.24) is 15.0 Å². The van der Waals surface area contributed by atoms with Crippen molar-refractivity contribution in [2.45, 2.75) is 0 Å². The van der Waals surface area contributed by atoms with Gasteiger partial charge in [0.25, 0.3) is 0 Å². The zero-order valence-electron chi connectivity index (χ0n) is 53.7. The molecule has 0 saturated carbocycles. The van der Waals surface area contributed by atoms with Gasteiger partial charge < -0.3 is 0 Å². The van der Waals surface area contributed by atoms with E-state index in [4.69, 9.17) is 15.0 Å². The molecular formula is C95H63N3. The molecule has 3 nitrogen and oxygen atoms in total. The highest BCUT2D eigenvalue weighted by molar-refractivity contribution is 6.04. The minimum atomic E-state index is 0.583. The molecule has 0 amide bonds. The fraction of sp³-hybridized carbons (Fsp3) is 0. The predicted molar refractivity (Wildman–Crippen MR) is 411 cm³/mol. The summed E-state index contributed by atoms with van der Waals surface area (Å²) >= 11 is 0. The Kier molecular flexibility index (Phi) is 15.7. The normalized spacial score (nSPS) is 11.3. The van der Waals surface area contributed by atoms with Crippen LogP contribution in [0.3, 0.4) is 0 Å². The molecule has 458 valence electrons. The molecule has 1 aromatic heterocycles. The molecule has 16 aromatic carbocycles. The van der Waals surface area contributed by atoms with Crippen molar-refractivity contribution in [2.24, 2.45) is 0 Å². The van der Waals surface area contributed by atoms with E-state index in [0.29, 0.717) is 17.5 Å². The third-order valence-corrected chi connectivity index (χ3v) is 18.8. The van der Waals surface area contributed by atoms with Crippen LogP contribution in [-0.4, -0.2) is 15.0 Å². The number of benzene rings is 16. The van der Waals surface area contributed by atoms with E-state index in [0.717, 1.165) is 99.8 Å². The van der Waals surface area contributed by atoms with Gasteiger partial charge in [0.15, 0.2) is 17.5 Å². The summed E-state index contributed by atoms with van der Waals surface area (Å²) in [4.78, 5) is 16.3. The van der Waals surface area contributed by atoms with Crippen LogP contribution >= 0.6 is 0 Å². The fourth-order valence-electron chi connectivity index (χ4n) is 13.8. The van der Waals surface area contributed by atoms with E-state index < -0.39 is 0 Å². The van der Waals surface area contributed by atoms with Gasteiger partial charge in [-0.15, -0.1) is 0 Å². The topological polar surface area (TPSA) is 38.7 Å². The minimum absolute atomic E-state index is 0.583. The quantitative estimate of drug-likeness (QED) is 0.109. The van der Waals surface area contributed by atoms with E-state index in [-0.39, 0.29) is 0 Å². The summed E-state index contributed by atoms with van der Waals surface area (Å²) in [6.45, 7) is 0. The van der Waals surface area contributed by atoms with Crippen molar-refractivity contribution < 1.29 is 0 Å². The van der Waals surface area contributed by atoms with Gasteiger partial charge in [0, 0.05) is 16.7 Å². The van der Waals surface area contributed by atoms with Crippen molar-refractivity contribution in [3.8, 4) is 157 Å². The molecule has 0 radical (unpaired) electrons. The molecular weight excluding hydrogens is 1180 g/mol. The van der Waals surface area contributed by atoms with E-state index in [9.17, 15) is 0 Å². The van der Waals surface area contributed by atoms with Gasteiger partial charge in [-0.1, -0.05) is 303 Å². The Morgan fingerprint density at radius 3 is 0.694 bits per heavy atom. The molecule has 0 aliphatic carbocycles. The number of fused-ring (bicyclic) bond motifs is 2. The molecule has 0 aliphatic rings. The minimum Gasteiger partial charge on any atom is -0.208 e. The van der Waals surface area contributed by atoms with Crippen LogP contribution in [0.15, 0.2) is 382 Å². The van der Waals surface area contributed by atoms with Crippen molar-refractivity contribution in [1.29, 1.82) is 0 Å². The summed E-state index contributed by atoms with van der Waals surface area (Å²) in [5, 5.41) is 4.66. The highest BCUT2D eigenvalue weighted by Gasteiger charge is 2.19. The molecule has 0 fully saturated rings. The molecule has 98 heavy (non-hydrogen) atoms. The van der Waals surface area contributed by atoms with Crippen molar-refractivity contribution in [3.63, 3.8) is 0 Å². The maximum atomic E-state index is 5.46. The second kappa shape index (κ2) is 26.1. The maximum Gasteiger partial charge on any atom is 0.164 e. The lowest BCUT2D eigenvalue weighted by atomic mass is 9.90. The largest absolute Gasteiger partial charge is 0.208 e. The molecule has 0 N–H and O–H groups in total. The maximum absolute atomic E-state index is 5.46. The standard InChI is InChI=1S/C95H63N3/c1-7-23-64(24-8-1)76-47-49-89-87(53-76)60-85(68-31-15-5-16-32-68)62-91(89)78-39-21-41-80(55-78)94-96-93(97-95(98-94)81-42-22-40-79(56-81)92-63-86(69-33-17-6-18-34-69)61-88-54-77(48-50-90(88)92)65-25-9-2-10-26-65)71-45-43-70(44-46-71)72-35-19-36-73(51-72)74-37-20-38-75(52-74)84-58-82(66-27-11-3-12-28-66)57-83(59-84)67-29-13-4-14-30-67/h1-63H. The van der Waals surface area contributed by atoms with Gasteiger partial charge in [-0.3, -0.25) is 0 Å². The summed E-state index contributed by atoms with van der Waals surface area (Å²) in [5.41, 5.74) is 27.9. The first-order chi connectivity index (χ1) is 48.5. The second-order valence-corrected chi connectivity index (χ2v) is 25.1. The van der Waals surface area contributed by atoms with Gasteiger partial charge in [-0.25, -0.2) is 15.0 Å². The number of hydrogen-bond donors (Lipinski definition) is 0. The van der Waals surface area contributed by atoms with Crippen molar-refractivity contribution in [3.05, 3.63) is 382 Å². The van der Waals surface area contributed by atoms with Crippen LogP contribution in [0.25, 0.3) is 178 Å². The zero-order valence-corrected chi connectivity index (χ0v) is 53.7. The van der Waals surface area contributed by atoms with Gasteiger partial charge in [0.05, 0.1) is 0 Å². The number of aromatic nitrogens is 3. The third-order valence-electron chi connectivity index (χ3n) is 18.8. The molecule has 0 unspecified atom stereocenters. The first-order valence-electron chi connectivity index (χ1n) is 33.4. The molecule has 17 aromatic rings. The van der Waals surface area contributed by atoms with Crippen LogP contribution in [0.2, 0.25) is 0 Å². The molecule has 0 aliphatic heterocycles. The predicted octanol–water partition coefficient (Wildman–Crippen LogP) is 25.5. The molecule has 0 bridgehead atoms. The molecule has 0 spiro atoms. The average Bonchev–Trinajstić information content (AvgIpc) is 0.875. The van der Waals surface area contributed by atoms with Crippen LogP contribution in [-0.2, 0) is 0 Å². The molecule has 0 saturated heterocycles. The Morgan fingerprint density at radius 1 is 0.122 bits per heavy atom. The van der Waals surface area contributed by atoms with Crippen LogP contribution in [0.1, 0.15) is 0 Å². The van der Waals surface area contributed by atoms with Crippen molar-refractivity contribution in [2.75, 3.05) is 0 Å². The van der Waals surface area contributed by atoms with Gasteiger partial charge in [-0.2, -0.15) is 0 Å². The Hall–Kier alpha value is -13.0. The summed E-state index contributed by atoms with van der Waals surface area (Å²) in [7, 11) is 0. The number of hydrogen-bond acceptors (Lipinski definition) is 3. The highest BCUT2D eigenvalue weighted by atomic mass is 15.0. The van der Waals surface area contributed by atoms with Crippen LogP contribution in [0, 0.1) is 0 Å². The Bertz CT molecular complexity index is 5460. The lowest BCUT2D eigenvalue weighted by Gasteiger charge is -2.15. The van der Waals surface area contributed by atoms with Crippen molar-refractivity contribution >= 4 is 21.5 Å². The monoisotopic (exact) mass is 1250 g/mol. The highest BCUT2D eigenvalue weighted by Crippen LogP contribution is 2.42. The van der Waals surface area contributed by atoms with E-state index in [1.807, 2.05) is 0 Å². The first kappa shape index (κ1) is 58.8. The molecule has 17 rings (SSSR count). The summed E-state index contributed by atoms with van der Waals surface area (Å²) in [6, 6.07) is 138. The summed E-state index contributed by atoms with van der Waals surface area (Å²) in [5.74, 6) is 1.75. The van der Waals surface area contributed by atoms with Gasteiger partial charge >= 0.3 is 0 Å². The third kappa shape index (κ3) is 12.1. The molecule has 1 heterocycles. The fourth-order valence-corrected chi connectivity index (χ4v) is 13.8. The first-order valence-corrected chi connectivity index (χ1v) is 33.4. The van der Waals surface area contributed by atoms with Gasteiger partial charge in [0.1, 0.15) is 0 Å². The molecule has 3 heteroatoms. The zero-order chi connectivity index (χ0) is 65.1. The number of rotatable bonds is 14. The summed E-state index contributed by atoms with van der Waals surface area (Å²) < 4.78 is 0. The van der Waals surface area contributed by atoms with Crippen LogP contribution < -0.4 is 0 Å². The van der Waals surface area contributed by atoms with E-state index in [1.54, 1.807) is 0 Å². The Morgan fingerprint density at radius 2 is 0.327 bits per heavy atom. The Labute approximate surface area is 571 Å². The second-order valence-electron chi connectivity index (χ2n) is 25.1. The van der Waals surface area contributed by atoms with Crippen LogP contribution in [0.4, 0.5) is 0 Å². The summed E-state index contributed by atoms with van der Waals surface area (Å²) in [6.07, 6.45) is 0. The van der Waals surface area contributed by atoms with Crippen LogP contribution in [0.5, 0.6) is 0 Å². The Balaban J connectivity index is 0.765. The van der Waals surface area contributed by atoms with Gasteiger partial charge in [0.2, 0.25) is 0 Å². The van der Waals surface area contributed by atoms with Gasteiger partial charge in [-0.05, 0) is 223 Å². The lowest BCUT2D eigenvalue weighted by molar-refractivity contribution is 1.07. The molecule has 0 atom stereocenters. The lowest BCUT2D eigenvalue weighted by Crippen LogP contribution is -2.00. The SMILES string of the molecule is c1ccc(-c2cc(-c3ccccc3)cc(-c3cccc(-c4cccc(-c5ccc(-c6nc(-c7cccc(-c8cc(-c9ccccc9)cc9cc(-c%10ccccc%10)ccc89)c7)nc(-c7cccc(-c8cc(-c9ccccc9)cc9cc(-c%10ccccc%10)ccc89)c7)n6)cc5)c4)c3)c2)cc1. The van der Waals surface area contributed by atoms with E-state index >= 15 is 0 Å². The number of nitrogens with zero attached hydrogens (tertiary/aromatic N) is 3. The smallest absolute Gasteiger partial charge is 0.164 e. The average molecular weight is 1250 g/mol. The van der Waals surface area contributed by atoms with E-state index in [2.05, 4.69) is 382 Å². The van der Waals surface area contributed by atoms with E-state index in [1.165, 1.54) is 60.8 Å².